The first kappa shape index (κ1) is 13.3. The lowest BCUT2D eigenvalue weighted by molar-refractivity contribution is -0.161. The van der Waals surface area contributed by atoms with Crippen LogP contribution in [0, 0.1) is 5.92 Å². The van der Waals surface area contributed by atoms with Crippen molar-refractivity contribution in [1.29, 1.82) is 0 Å². The van der Waals surface area contributed by atoms with E-state index in [0.717, 1.165) is 30.7 Å². The molecule has 0 aromatic heterocycles. The van der Waals surface area contributed by atoms with Crippen LogP contribution in [0.3, 0.4) is 0 Å². The highest BCUT2D eigenvalue weighted by molar-refractivity contribution is 6.00. The number of nitrogens with one attached hydrogen (secondary N) is 1. The molecule has 1 saturated heterocycles. The van der Waals surface area contributed by atoms with Crippen LogP contribution in [0.2, 0.25) is 0 Å². The average Bonchev–Trinajstić information content (AvgIpc) is 2.74. The first-order chi connectivity index (χ1) is 9.52. The number of rotatable bonds is 3. The smallest absolute Gasteiger partial charge is 0.352 e. The Kier molecular flexibility index (Phi) is 3.14. The summed E-state index contributed by atoms with van der Waals surface area (Å²) >= 11 is 0. The Hall–Kier alpha value is -1.66. The lowest BCUT2D eigenvalue weighted by Gasteiger charge is -2.44. The van der Waals surface area contributed by atoms with Crippen molar-refractivity contribution in [1.82, 2.24) is 10.2 Å². The molecular weight excluding hydrogens is 260 g/mol. The fourth-order valence-electron chi connectivity index (χ4n) is 3.45. The molecule has 0 spiro atoms. The van der Waals surface area contributed by atoms with Gasteiger partial charge in [-0.05, 0) is 37.5 Å². The third-order valence-corrected chi connectivity index (χ3v) is 4.38. The second-order valence-corrected chi connectivity index (χ2v) is 5.56. The minimum absolute atomic E-state index is 0.116. The van der Waals surface area contributed by atoms with Crippen LogP contribution in [0.1, 0.15) is 19.8 Å². The zero-order chi connectivity index (χ0) is 14.4. The van der Waals surface area contributed by atoms with Gasteiger partial charge in [0.2, 0.25) is 5.91 Å². The van der Waals surface area contributed by atoms with E-state index in [1.165, 1.54) is 4.90 Å². The molecule has 3 aliphatic heterocycles. The van der Waals surface area contributed by atoms with Crippen LogP contribution in [-0.2, 0) is 9.59 Å². The molecule has 0 aliphatic carbocycles. The highest BCUT2D eigenvalue weighted by atomic mass is 16.4. The van der Waals surface area contributed by atoms with Crippen molar-refractivity contribution in [3.05, 3.63) is 22.9 Å². The number of amides is 1. The predicted molar refractivity (Wildman–Crippen MR) is 70.7 cm³/mol. The Morgan fingerprint density at radius 2 is 2.30 bits per heavy atom. The van der Waals surface area contributed by atoms with Crippen molar-refractivity contribution in [2.24, 2.45) is 5.92 Å². The number of fused-ring (bicyclic) bond motifs is 1. The molecule has 0 aromatic carbocycles. The van der Waals surface area contributed by atoms with Crippen molar-refractivity contribution in [2.45, 2.75) is 31.9 Å². The molecule has 108 valence electrons. The van der Waals surface area contributed by atoms with E-state index in [-0.39, 0.29) is 17.6 Å². The molecule has 3 rings (SSSR count). The number of hydrogen-bond acceptors (Lipinski definition) is 4. The zero-order valence-corrected chi connectivity index (χ0v) is 11.3. The van der Waals surface area contributed by atoms with Gasteiger partial charge in [-0.1, -0.05) is 6.08 Å². The molecule has 0 bridgehead atoms. The highest BCUT2D eigenvalue weighted by Gasteiger charge is 2.56. The number of carbonyl (C=O) groups is 2. The predicted octanol–water partition coefficient (Wildman–Crippen LogP) is -0.144. The Labute approximate surface area is 116 Å². The van der Waals surface area contributed by atoms with Gasteiger partial charge >= 0.3 is 5.97 Å². The molecule has 0 saturated carbocycles. The molecule has 6 nitrogen and oxygen atoms in total. The quantitative estimate of drug-likeness (QED) is 0.625. The third kappa shape index (κ3) is 1.79. The minimum atomic E-state index is -1.06. The Bertz CT molecular complexity index is 535. The van der Waals surface area contributed by atoms with Crippen molar-refractivity contribution < 1.29 is 19.8 Å². The summed E-state index contributed by atoms with van der Waals surface area (Å²) in [6.07, 6.45) is 2.57. The van der Waals surface area contributed by atoms with Gasteiger partial charge in [0.05, 0.1) is 18.1 Å². The molecule has 6 heteroatoms. The van der Waals surface area contributed by atoms with Gasteiger partial charge in [-0.25, -0.2) is 4.79 Å². The summed E-state index contributed by atoms with van der Waals surface area (Å²) in [6.45, 7) is 3.13. The number of carboxylic acid groups (broad SMARTS) is 1. The van der Waals surface area contributed by atoms with Crippen LogP contribution in [0.5, 0.6) is 0 Å². The number of β-lactam (4-membered cyclic amide) rings is 1. The maximum absolute atomic E-state index is 12.1. The van der Waals surface area contributed by atoms with E-state index >= 15 is 0 Å². The Morgan fingerprint density at radius 3 is 2.85 bits per heavy atom. The van der Waals surface area contributed by atoms with Crippen LogP contribution < -0.4 is 5.32 Å². The molecule has 3 atom stereocenters. The van der Waals surface area contributed by atoms with Gasteiger partial charge in [0.25, 0.3) is 0 Å². The van der Waals surface area contributed by atoms with Gasteiger partial charge in [0.1, 0.15) is 5.70 Å². The minimum Gasteiger partial charge on any atom is -0.477 e. The van der Waals surface area contributed by atoms with E-state index in [9.17, 15) is 19.8 Å². The van der Waals surface area contributed by atoms with Crippen molar-refractivity contribution >= 4 is 11.9 Å². The monoisotopic (exact) mass is 278 g/mol. The number of carbonyl (C=O) groups excluding carboxylic acids is 1. The Morgan fingerprint density at radius 1 is 1.55 bits per heavy atom. The molecule has 0 radical (unpaired) electrons. The molecule has 1 amide bonds. The van der Waals surface area contributed by atoms with E-state index in [2.05, 4.69) is 5.32 Å². The summed E-state index contributed by atoms with van der Waals surface area (Å²) in [4.78, 5) is 24.9. The maximum Gasteiger partial charge on any atom is 0.352 e. The number of nitrogens with zero attached hydrogens (tertiary/aromatic N) is 1. The van der Waals surface area contributed by atoms with Gasteiger partial charge in [0, 0.05) is 6.54 Å². The molecule has 1 fully saturated rings. The number of aliphatic carboxylic acids is 1. The fraction of sp³-hybridized carbons (Fsp3) is 0.571. The lowest BCUT2D eigenvalue weighted by atomic mass is 9.82. The van der Waals surface area contributed by atoms with Gasteiger partial charge in [0.15, 0.2) is 0 Å². The molecule has 20 heavy (non-hydrogen) atoms. The summed E-state index contributed by atoms with van der Waals surface area (Å²) in [5, 5.41) is 22.3. The van der Waals surface area contributed by atoms with Crippen molar-refractivity contribution in [3.63, 3.8) is 0 Å². The average molecular weight is 278 g/mol. The van der Waals surface area contributed by atoms with Crippen LogP contribution >= 0.6 is 0 Å². The second kappa shape index (κ2) is 4.71. The normalized spacial score (nSPS) is 30.8. The molecule has 0 unspecified atom stereocenters. The van der Waals surface area contributed by atoms with Crippen LogP contribution in [0.4, 0.5) is 0 Å². The summed E-state index contributed by atoms with van der Waals surface area (Å²) in [6, 6.07) is -0.195. The van der Waals surface area contributed by atoms with Crippen LogP contribution in [-0.4, -0.2) is 52.2 Å². The van der Waals surface area contributed by atoms with Crippen LogP contribution in [0.25, 0.3) is 0 Å². The van der Waals surface area contributed by atoms with Crippen molar-refractivity contribution in [3.8, 4) is 0 Å². The molecule has 0 aromatic rings. The highest BCUT2D eigenvalue weighted by Crippen LogP contribution is 2.46. The van der Waals surface area contributed by atoms with Gasteiger partial charge in [-0.3, -0.25) is 4.79 Å². The summed E-state index contributed by atoms with van der Waals surface area (Å²) in [5.41, 5.74) is 1.90. The standard InChI is InChI=1S/C14H18N2O4/c1-7(17)11-10-6-9(8-2-4-15-5-3-8)12(14(19)20)16(10)13(11)18/h2,7,10-11,15,17H,3-6H2,1H3,(H,19,20)/t7-,10-,11-/m1/s1. The molecule has 3 N–H and O–H groups in total. The first-order valence-electron chi connectivity index (χ1n) is 6.90. The van der Waals surface area contributed by atoms with E-state index in [4.69, 9.17) is 0 Å². The summed E-state index contributed by atoms with van der Waals surface area (Å²) < 4.78 is 0. The van der Waals surface area contributed by atoms with Crippen LogP contribution in [0.15, 0.2) is 22.9 Å². The van der Waals surface area contributed by atoms with E-state index in [1.54, 1.807) is 6.92 Å². The number of aliphatic hydroxyl groups excluding tert-OH is 1. The van der Waals surface area contributed by atoms with Crippen molar-refractivity contribution in [2.75, 3.05) is 13.1 Å². The molecular formula is C14H18N2O4. The largest absolute Gasteiger partial charge is 0.477 e. The van der Waals surface area contributed by atoms with E-state index in [1.807, 2.05) is 6.08 Å². The maximum atomic E-state index is 12.1. The summed E-state index contributed by atoms with van der Waals surface area (Å²) in [5.74, 6) is -1.80. The SMILES string of the molecule is C[C@@H](O)[C@H]1C(=O)N2C(C(=O)O)=C(C3=CCNCC3)C[C@H]12. The Balaban J connectivity index is 1.95. The fourth-order valence-corrected chi connectivity index (χ4v) is 3.45. The third-order valence-electron chi connectivity index (χ3n) is 4.38. The number of carboxylic acids is 1. The molecule has 3 aliphatic rings. The lowest BCUT2D eigenvalue weighted by Crippen LogP contribution is -2.61. The van der Waals surface area contributed by atoms with E-state index in [0.29, 0.717) is 6.42 Å². The zero-order valence-electron chi connectivity index (χ0n) is 11.3. The number of hydrogen-bond donors (Lipinski definition) is 3. The topological polar surface area (TPSA) is 89.9 Å². The molecule has 3 heterocycles. The number of aliphatic hydroxyl groups is 1. The van der Waals surface area contributed by atoms with E-state index < -0.39 is 18.0 Å². The summed E-state index contributed by atoms with van der Waals surface area (Å²) in [7, 11) is 0. The van der Waals surface area contributed by atoms with Gasteiger partial charge < -0.3 is 20.4 Å². The van der Waals surface area contributed by atoms with Gasteiger partial charge in [-0.2, -0.15) is 0 Å². The second-order valence-electron chi connectivity index (χ2n) is 5.56. The van der Waals surface area contributed by atoms with Gasteiger partial charge in [-0.15, -0.1) is 0 Å². The first-order valence-corrected chi connectivity index (χ1v) is 6.90.